The molecule has 0 atom stereocenters. The molecule has 100 valence electrons. The van der Waals surface area contributed by atoms with E-state index >= 15 is 0 Å². The number of halogens is 1. The quantitative estimate of drug-likeness (QED) is 0.941. The van der Waals surface area contributed by atoms with E-state index < -0.39 is 5.97 Å². The first-order valence-electron chi connectivity index (χ1n) is 6.05. The van der Waals surface area contributed by atoms with Crippen molar-refractivity contribution in [2.24, 2.45) is 7.05 Å². The fraction of sp³-hybridized carbons (Fsp3) is 0.286. The number of aromatic nitrogens is 2. The third-order valence-corrected chi connectivity index (χ3v) is 4.02. The van der Waals surface area contributed by atoms with Crippen LogP contribution in [0.15, 0.2) is 28.9 Å². The van der Waals surface area contributed by atoms with E-state index in [2.05, 4.69) is 40.0 Å². The minimum atomic E-state index is -0.883. The van der Waals surface area contributed by atoms with Gasteiger partial charge in [0.1, 0.15) is 10.4 Å². The van der Waals surface area contributed by atoms with Crippen LogP contribution in [0, 0.1) is 0 Å². The van der Waals surface area contributed by atoms with E-state index in [4.69, 9.17) is 5.11 Å². The van der Waals surface area contributed by atoms with Crippen LogP contribution in [0.3, 0.4) is 0 Å². The third-order valence-electron chi connectivity index (χ3n) is 3.03. The Morgan fingerprint density at radius 1 is 1.37 bits per heavy atom. The van der Waals surface area contributed by atoms with Gasteiger partial charge in [0.2, 0.25) is 0 Å². The van der Waals surface area contributed by atoms with Crippen LogP contribution >= 0.6 is 15.9 Å². The SMILES string of the molecule is CCc1ccc(-c2nc(CC(=O)O)c(Br)n2C)cc1. The summed E-state index contributed by atoms with van der Waals surface area (Å²) in [5.41, 5.74) is 2.80. The first kappa shape index (κ1) is 13.8. The molecule has 0 aliphatic rings. The van der Waals surface area contributed by atoms with Gasteiger partial charge in [0, 0.05) is 12.6 Å². The van der Waals surface area contributed by atoms with Gasteiger partial charge in [0.05, 0.1) is 12.1 Å². The van der Waals surface area contributed by atoms with Crippen LogP contribution in [0.4, 0.5) is 0 Å². The van der Waals surface area contributed by atoms with Crippen molar-refractivity contribution in [1.82, 2.24) is 9.55 Å². The molecule has 1 aromatic heterocycles. The fourth-order valence-corrected chi connectivity index (χ4v) is 2.34. The second kappa shape index (κ2) is 5.57. The van der Waals surface area contributed by atoms with E-state index in [0.717, 1.165) is 17.8 Å². The summed E-state index contributed by atoms with van der Waals surface area (Å²) in [5, 5.41) is 8.86. The number of carboxylic acids is 1. The Kier molecular flexibility index (Phi) is 4.04. The molecule has 2 aromatic rings. The molecule has 0 spiro atoms. The van der Waals surface area contributed by atoms with Crippen LogP contribution in [-0.2, 0) is 24.7 Å². The monoisotopic (exact) mass is 322 g/mol. The van der Waals surface area contributed by atoms with Crippen molar-refractivity contribution < 1.29 is 9.90 Å². The maximum atomic E-state index is 10.8. The van der Waals surface area contributed by atoms with E-state index in [1.165, 1.54) is 5.56 Å². The van der Waals surface area contributed by atoms with Crippen molar-refractivity contribution in [3.05, 3.63) is 40.1 Å². The predicted molar refractivity (Wildman–Crippen MR) is 77.1 cm³/mol. The zero-order valence-corrected chi connectivity index (χ0v) is 12.4. The van der Waals surface area contributed by atoms with Crippen LogP contribution in [0.1, 0.15) is 18.2 Å². The molecule has 4 nitrogen and oxygen atoms in total. The largest absolute Gasteiger partial charge is 0.481 e. The Morgan fingerprint density at radius 3 is 2.53 bits per heavy atom. The molecule has 5 heteroatoms. The third kappa shape index (κ3) is 2.87. The Balaban J connectivity index is 2.41. The van der Waals surface area contributed by atoms with Crippen LogP contribution in [0.25, 0.3) is 11.4 Å². The summed E-state index contributed by atoms with van der Waals surface area (Å²) in [7, 11) is 1.87. The number of hydrogen-bond donors (Lipinski definition) is 1. The second-order valence-corrected chi connectivity index (χ2v) is 5.10. The van der Waals surface area contributed by atoms with Gasteiger partial charge in [0.25, 0.3) is 0 Å². The Hall–Kier alpha value is -1.62. The van der Waals surface area contributed by atoms with Crippen LogP contribution in [0.2, 0.25) is 0 Å². The van der Waals surface area contributed by atoms with Gasteiger partial charge in [-0.25, -0.2) is 4.98 Å². The minimum absolute atomic E-state index is 0.0819. The molecular weight excluding hydrogens is 308 g/mol. The highest BCUT2D eigenvalue weighted by Gasteiger charge is 2.16. The van der Waals surface area contributed by atoms with Crippen molar-refractivity contribution in [2.45, 2.75) is 19.8 Å². The lowest BCUT2D eigenvalue weighted by molar-refractivity contribution is -0.136. The summed E-state index contributed by atoms with van der Waals surface area (Å²) < 4.78 is 2.57. The number of imidazole rings is 1. The summed E-state index contributed by atoms with van der Waals surface area (Å²) in [6.07, 6.45) is 0.913. The Morgan fingerprint density at radius 2 is 2.00 bits per heavy atom. The first-order valence-corrected chi connectivity index (χ1v) is 6.84. The number of hydrogen-bond acceptors (Lipinski definition) is 2. The van der Waals surface area contributed by atoms with Gasteiger partial charge < -0.3 is 9.67 Å². The second-order valence-electron chi connectivity index (χ2n) is 4.35. The van der Waals surface area contributed by atoms with Crippen LogP contribution in [0.5, 0.6) is 0 Å². The van der Waals surface area contributed by atoms with Crippen LogP contribution in [-0.4, -0.2) is 20.6 Å². The molecule has 0 amide bonds. The molecule has 0 bridgehead atoms. The van der Waals surface area contributed by atoms with E-state index in [1.807, 2.05) is 23.7 Å². The summed E-state index contributed by atoms with van der Waals surface area (Å²) in [4.78, 5) is 15.2. The highest BCUT2D eigenvalue weighted by atomic mass is 79.9. The van der Waals surface area contributed by atoms with Crippen molar-refractivity contribution in [3.63, 3.8) is 0 Å². The number of rotatable bonds is 4. The average Bonchev–Trinajstić information content (AvgIpc) is 2.67. The van der Waals surface area contributed by atoms with E-state index in [9.17, 15) is 4.79 Å². The Bertz CT molecular complexity index is 603. The molecule has 0 aliphatic carbocycles. The lowest BCUT2D eigenvalue weighted by atomic mass is 10.1. The molecule has 0 fully saturated rings. The fourth-order valence-electron chi connectivity index (χ4n) is 1.94. The lowest BCUT2D eigenvalue weighted by Gasteiger charge is -2.03. The topological polar surface area (TPSA) is 55.1 Å². The number of nitrogens with zero attached hydrogens (tertiary/aromatic N) is 2. The molecular formula is C14H15BrN2O2. The van der Waals surface area contributed by atoms with Gasteiger partial charge in [-0.3, -0.25) is 4.79 Å². The van der Waals surface area contributed by atoms with Crippen molar-refractivity contribution in [3.8, 4) is 11.4 Å². The number of aryl methyl sites for hydroxylation is 1. The minimum Gasteiger partial charge on any atom is -0.481 e. The first-order chi connectivity index (χ1) is 9.02. The molecule has 0 saturated heterocycles. The standard InChI is InChI=1S/C14H15BrN2O2/c1-3-9-4-6-10(7-5-9)14-16-11(8-12(18)19)13(15)17(14)2/h4-7H,3,8H2,1-2H3,(H,18,19). The van der Waals surface area contributed by atoms with E-state index in [-0.39, 0.29) is 6.42 Å². The normalized spacial score (nSPS) is 10.7. The molecule has 0 radical (unpaired) electrons. The zero-order chi connectivity index (χ0) is 14.0. The molecule has 1 heterocycles. The van der Waals surface area contributed by atoms with Gasteiger partial charge in [0.15, 0.2) is 0 Å². The molecule has 1 aromatic carbocycles. The lowest BCUT2D eigenvalue weighted by Crippen LogP contribution is -2.01. The van der Waals surface area contributed by atoms with Crippen molar-refractivity contribution >= 4 is 21.9 Å². The van der Waals surface area contributed by atoms with Gasteiger partial charge >= 0.3 is 5.97 Å². The number of carbonyl (C=O) groups is 1. The molecule has 0 unspecified atom stereocenters. The van der Waals surface area contributed by atoms with E-state index in [0.29, 0.717) is 10.3 Å². The predicted octanol–water partition coefficient (Wildman–Crippen LogP) is 3.04. The Labute approximate surface area is 120 Å². The summed E-state index contributed by atoms with van der Waals surface area (Å²) in [5.74, 6) is -0.113. The van der Waals surface area contributed by atoms with Gasteiger partial charge in [-0.05, 0) is 27.9 Å². The van der Waals surface area contributed by atoms with Gasteiger partial charge in [-0.2, -0.15) is 0 Å². The highest BCUT2D eigenvalue weighted by molar-refractivity contribution is 9.10. The maximum Gasteiger partial charge on any atom is 0.309 e. The molecule has 1 N–H and O–H groups in total. The van der Waals surface area contributed by atoms with E-state index in [1.54, 1.807) is 0 Å². The van der Waals surface area contributed by atoms with Crippen molar-refractivity contribution in [1.29, 1.82) is 0 Å². The maximum absolute atomic E-state index is 10.8. The van der Waals surface area contributed by atoms with Crippen molar-refractivity contribution in [2.75, 3.05) is 0 Å². The highest BCUT2D eigenvalue weighted by Crippen LogP contribution is 2.25. The number of aliphatic carboxylic acids is 1. The number of carboxylic acid groups (broad SMARTS) is 1. The van der Waals surface area contributed by atoms with Gasteiger partial charge in [-0.1, -0.05) is 31.2 Å². The number of benzene rings is 1. The van der Waals surface area contributed by atoms with Gasteiger partial charge in [-0.15, -0.1) is 0 Å². The molecule has 0 aliphatic heterocycles. The zero-order valence-electron chi connectivity index (χ0n) is 10.9. The molecule has 0 saturated carbocycles. The smallest absolute Gasteiger partial charge is 0.309 e. The molecule has 2 rings (SSSR count). The molecule has 19 heavy (non-hydrogen) atoms. The summed E-state index contributed by atoms with van der Waals surface area (Å²) >= 11 is 3.39. The summed E-state index contributed by atoms with van der Waals surface area (Å²) in [6.45, 7) is 2.11. The van der Waals surface area contributed by atoms with Crippen LogP contribution < -0.4 is 0 Å². The summed E-state index contributed by atoms with van der Waals surface area (Å²) in [6, 6.07) is 8.15. The average molecular weight is 323 g/mol.